The van der Waals surface area contributed by atoms with Crippen LogP contribution in [0.1, 0.15) is 33.1 Å². The third kappa shape index (κ3) is 1.40. The average molecular weight is 183 g/mol. The highest BCUT2D eigenvalue weighted by atomic mass is 16.3. The molecule has 2 bridgehead atoms. The van der Waals surface area contributed by atoms with Gasteiger partial charge in [0.25, 0.3) is 0 Å². The SMILES string of the molecule is CCN(CC)C1C2CCC1C(O)C2. The summed E-state index contributed by atoms with van der Waals surface area (Å²) in [5.74, 6) is 1.38. The van der Waals surface area contributed by atoms with E-state index in [2.05, 4.69) is 18.7 Å². The lowest BCUT2D eigenvalue weighted by Gasteiger charge is -2.30. The molecule has 0 aliphatic heterocycles. The van der Waals surface area contributed by atoms with E-state index < -0.39 is 0 Å². The minimum atomic E-state index is 0.00403. The molecule has 2 saturated carbocycles. The van der Waals surface area contributed by atoms with Gasteiger partial charge in [-0.1, -0.05) is 13.8 Å². The zero-order valence-electron chi connectivity index (χ0n) is 8.74. The summed E-state index contributed by atoms with van der Waals surface area (Å²) in [4.78, 5) is 2.54. The topological polar surface area (TPSA) is 23.5 Å². The van der Waals surface area contributed by atoms with Crippen LogP contribution in [0.3, 0.4) is 0 Å². The summed E-state index contributed by atoms with van der Waals surface area (Å²) in [5.41, 5.74) is 0. The highest BCUT2D eigenvalue weighted by molar-refractivity contribution is 5.01. The van der Waals surface area contributed by atoms with Crippen LogP contribution < -0.4 is 0 Å². The number of fused-ring (bicyclic) bond motifs is 2. The molecule has 2 heteroatoms. The summed E-state index contributed by atoms with van der Waals surface area (Å²) in [5, 5.41) is 9.80. The maximum Gasteiger partial charge on any atom is 0.0586 e. The molecule has 76 valence electrons. The Kier molecular flexibility index (Phi) is 2.61. The largest absolute Gasteiger partial charge is 0.393 e. The van der Waals surface area contributed by atoms with Crippen molar-refractivity contribution in [1.29, 1.82) is 0 Å². The highest BCUT2D eigenvalue weighted by Gasteiger charge is 2.48. The maximum absolute atomic E-state index is 9.80. The summed E-state index contributed by atoms with van der Waals surface area (Å²) in [7, 11) is 0. The van der Waals surface area contributed by atoms with E-state index in [0.29, 0.717) is 12.0 Å². The third-order valence-electron chi connectivity index (χ3n) is 4.06. The van der Waals surface area contributed by atoms with Crippen LogP contribution in [0.2, 0.25) is 0 Å². The van der Waals surface area contributed by atoms with E-state index in [4.69, 9.17) is 0 Å². The predicted octanol–water partition coefficient (Wildman–Crippen LogP) is 1.49. The molecule has 0 aromatic carbocycles. The summed E-state index contributed by atoms with van der Waals surface area (Å²) in [6.07, 6.45) is 3.67. The van der Waals surface area contributed by atoms with E-state index in [9.17, 15) is 5.11 Å². The second-order valence-corrected chi connectivity index (χ2v) is 4.52. The van der Waals surface area contributed by atoms with Gasteiger partial charge in [-0.05, 0) is 38.3 Å². The molecule has 2 rings (SSSR count). The zero-order chi connectivity index (χ0) is 9.42. The van der Waals surface area contributed by atoms with E-state index in [1.807, 2.05) is 0 Å². The first-order chi connectivity index (χ1) is 6.27. The first kappa shape index (κ1) is 9.47. The van der Waals surface area contributed by atoms with Gasteiger partial charge in [-0.15, -0.1) is 0 Å². The van der Waals surface area contributed by atoms with Crippen LogP contribution in [0.15, 0.2) is 0 Å². The van der Waals surface area contributed by atoms with Crippen LogP contribution >= 0.6 is 0 Å². The molecule has 0 amide bonds. The lowest BCUT2D eigenvalue weighted by Crippen LogP contribution is -2.39. The normalized spacial score (nSPS) is 43.4. The first-order valence-electron chi connectivity index (χ1n) is 5.70. The fourth-order valence-electron chi connectivity index (χ4n) is 3.47. The number of hydrogen-bond donors (Lipinski definition) is 1. The van der Waals surface area contributed by atoms with Crippen LogP contribution in [0.5, 0.6) is 0 Å². The van der Waals surface area contributed by atoms with Crippen molar-refractivity contribution < 1.29 is 5.11 Å². The molecule has 0 saturated heterocycles. The Morgan fingerprint density at radius 1 is 1.23 bits per heavy atom. The van der Waals surface area contributed by atoms with E-state index in [0.717, 1.165) is 25.4 Å². The van der Waals surface area contributed by atoms with Gasteiger partial charge in [0.05, 0.1) is 6.10 Å². The molecule has 4 atom stereocenters. The quantitative estimate of drug-likeness (QED) is 0.716. The Morgan fingerprint density at radius 3 is 2.31 bits per heavy atom. The van der Waals surface area contributed by atoms with Crippen LogP contribution in [0.25, 0.3) is 0 Å². The van der Waals surface area contributed by atoms with Crippen molar-refractivity contribution in [2.45, 2.75) is 45.3 Å². The molecular weight excluding hydrogens is 162 g/mol. The van der Waals surface area contributed by atoms with E-state index in [1.54, 1.807) is 0 Å². The maximum atomic E-state index is 9.80. The van der Waals surface area contributed by atoms with Gasteiger partial charge in [0.1, 0.15) is 0 Å². The molecule has 2 aliphatic carbocycles. The number of aliphatic hydroxyl groups excluding tert-OH is 1. The fraction of sp³-hybridized carbons (Fsp3) is 1.00. The van der Waals surface area contributed by atoms with Crippen molar-refractivity contribution in [2.24, 2.45) is 11.8 Å². The molecule has 13 heavy (non-hydrogen) atoms. The molecule has 0 aromatic rings. The molecule has 2 aliphatic rings. The molecule has 2 nitrogen and oxygen atoms in total. The smallest absolute Gasteiger partial charge is 0.0586 e. The molecule has 0 aromatic heterocycles. The second-order valence-electron chi connectivity index (χ2n) is 4.52. The first-order valence-corrected chi connectivity index (χ1v) is 5.70. The van der Waals surface area contributed by atoms with Crippen molar-refractivity contribution in [3.05, 3.63) is 0 Å². The number of nitrogens with zero attached hydrogens (tertiary/aromatic N) is 1. The minimum absolute atomic E-state index is 0.00403. The van der Waals surface area contributed by atoms with Crippen molar-refractivity contribution in [1.82, 2.24) is 4.90 Å². The second kappa shape index (κ2) is 3.58. The van der Waals surface area contributed by atoms with Gasteiger partial charge in [-0.3, -0.25) is 0 Å². The van der Waals surface area contributed by atoms with Crippen molar-refractivity contribution in [3.63, 3.8) is 0 Å². The van der Waals surface area contributed by atoms with Gasteiger partial charge in [0.2, 0.25) is 0 Å². The van der Waals surface area contributed by atoms with Gasteiger partial charge >= 0.3 is 0 Å². The van der Waals surface area contributed by atoms with Crippen molar-refractivity contribution in [2.75, 3.05) is 13.1 Å². The fourth-order valence-corrected chi connectivity index (χ4v) is 3.47. The standard InChI is InChI=1S/C11H21NO/c1-3-12(4-2)11-8-5-6-9(11)10(13)7-8/h8-11,13H,3-7H2,1-2H3. The van der Waals surface area contributed by atoms with E-state index in [-0.39, 0.29) is 6.10 Å². The minimum Gasteiger partial charge on any atom is -0.393 e. The van der Waals surface area contributed by atoms with Gasteiger partial charge < -0.3 is 10.0 Å². The Labute approximate surface area is 80.9 Å². The summed E-state index contributed by atoms with van der Waals surface area (Å²) < 4.78 is 0. The van der Waals surface area contributed by atoms with Crippen LogP contribution in [0, 0.1) is 11.8 Å². The monoisotopic (exact) mass is 183 g/mol. The average Bonchev–Trinajstić information content (AvgIpc) is 2.64. The molecule has 4 unspecified atom stereocenters. The third-order valence-corrected chi connectivity index (χ3v) is 4.06. The lowest BCUT2D eigenvalue weighted by molar-refractivity contribution is 0.0922. The molecular formula is C11H21NO. The number of rotatable bonds is 3. The molecule has 0 heterocycles. The number of aliphatic hydroxyl groups is 1. The number of hydrogen-bond acceptors (Lipinski definition) is 2. The van der Waals surface area contributed by atoms with Crippen molar-refractivity contribution in [3.8, 4) is 0 Å². The van der Waals surface area contributed by atoms with Gasteiger partial charge in [-0.25, -0.2) is 0 Å². The Hall–Kier alpha value is -0.0800. The Balaban J connectivity index is 2.07. The summed E-state index contributed by atoms with van der Waals surface area (Å²) >= 11 is 0. The predicted molar refractivity (Wildman–Crippen MR) is 53.5 cm³/mol. The molecule has 2 fully saturated rings. The highest BCUT2D eigenvalue weighted by Crippen LogP contribution is 2.47. The zero-order valence-corrected chi connectivity index (χ0v) is 8.74. The van der Waals surface area contributed by atoms with E-state index >= 15 is 0 Å². The molecule has 0 radical (unpaired) electrons. The summed E-state index contributed by atoms with van der Waals surface area (Å²) in [6.45, 7) is 6.74. The van der Waals surface area contributed by atoms with Crippen LogP contribution in [-0.4, -0.2) is 35.2 Å². The van der Waals surface area contributed by atoms with E-state index in [1.165, 1.54) is 12.8 Å². The van der Waals surface area contributed by atoms with Gasteiger partial charge in [0.15, 0.2) is 0 Å². The summed E-state index contributed by atoms with van der Waals surface area (Å²) in [6, 6.07) is 0.699. The van der Waals surface area contributed by atoms with Crippen molar-refractivity contribution >= 4 is 0 Å². The van der Waals surface area contributed by atoms with Crippen LogP contribution in [0.4, 0.5) is 0 Å². The Bertz CT molecular complexity index is 179. The molecule has 1 N–H and O–H groups in total. The Morgan fingerprint density at radius 2 is 1.92 bits per heavy atom. The van der Waals surface area contributed by atoms with Gasteiger partial charge in [-0.2, -0.15) is 0 Å². The van der Waals surface area contributed by atoms with Gasteiger partial charge in [0, 0.05) is 12.0 Å². The van der Waals surface area contributed by atoms with Crippen LogP contribution in [-0.2, 0) is 0 Å². The molecule has 0 spiro atoms. The lowest BCUT2D eigenvalue weighted by atomic mass is 9.98.